The Morgan fingerprint density at radius 1 is 0.969 bits per heavy atom. The molecule has 0 unspecified atom stereocenters. The molecule has 0 fully saturated rings. The zero-order valence-corrected chi connectivity index (χ0v) is 20.7. The summed E-state index contributed by atoms with van der Waals surface area (Å²) in [6.07, 6.45) is 3.27. The van der Waals surface area contributed by atoms with Crippen LogP contribution in [0.15, 0.2) is 42.6 Å². The summed E-state index contributed by atoms with van der Waals surface area (Å²) in [7, 11) is 2.14. The molecular weight excluding hydrogens is 390 g/mol. The third-order valence-corrected chi connectivity index (χ3v) is 6.85. The van der Waals surface area contributed by atoms with Crippen LogP contribution in [0.5, 0.6) is 11.5 Å². The van der Waals surface area contributed by atoms with Gasteiger partial charge in [0, 0.05) is 16.2 Å². The third kappa shape index (κ3) is 3.28. The Morgan fingerprint density at radius 2 is 1.72 bits per heavy atom. The highest BCUT2D eigenvalue weighted by molar-refractivity contribution is 6.07. The van der Waals surface area contributed by atoms with Crippen molar-refractivity contribution in [3.05, 3.63) is 64.8 Å². The van der Waals surface area contributed by atoms with E-state index in [2.05, 4.69) is 103 Å². The van der Waals surface area contributed by atoms with Crippen LogP contribution in [-0.2, 0) is 13.5 Å². The number of ether oxygens (including phenoxy) is 1. The molecule has 5 rings (SSSR count). The van der Waals surface area contributed by atoms with Gasteiger partial charge >= 0.3 is 0 Å². The highest BCUT2D eigenvalue weighted by Crippen LogP contribution is 2.50. The molecule has 2 heteroatoms. The van der Waals surface area contributed by atoms with Crippen LogP contribution in [0, 0.1) is 19.3 Å². The van der Waals surface area contributed by atoms with Crippen molar-refractivity contribution in [2.75, 3.05) is 0 Å². The van der Waals surface area contributed by atoms with Crippen LogP contribution >= 0.6 is 0 Å². The van der Waals surface area contributed by atoms with Crippen LogP contribution in [0.4, 0.5) is 0 Å². The third-order valence-electron chi connectivity index (χ3n) is 6.85. The largest absolute Gasteiger partial charge is 0.449 e. The minimum absolute atomic E-state index is 0.223. The highest BCUT2D eigenvalue weighted by Gasteiger charge is 2.32. The minimum Gasteiger partial charge on any atom is -0.449 e. The van der Waals surface area contributed by atoms with Crippen molar-refractivity contribution >= 4 is 21.5 Å². The lowest BCUT2D eigenvalue weighted by Crippen LogP contribution is -2.32. The molecule has 1 aliphatic rings. The first kappa shape index (κ1) is 21.0. The Labute approximate surface area is 191 Å². The van der Waals surface area contributed by atoms with Gasteiger partial charge in [-0.2, -0.15) is 4.57 Å². The summed E-state index contributed by atoms with van der Waals surface area (Å²) in [5.74, 6) is 2.46. The molecule has 2 nitrogen and oxygen atoms in total. The minimum atomic E-state index is 0.223. The average Bonchev–Trinajstić information content (AvgIpc) is 2.69. The molecule has 0 saturated heterocycles. The van der Waals surface area contributed by atoms with Crippen molar-refractivity contribution in [1.82, 2.24) is 0 Å². The van der Waals surface area contributed by atoms with Crippen molar-refractivity contribution in [1.29, 1.82) is 0 Å². The fourth-order valence-electron chi connectivity index (χ4n) is 5.20. The second-order valence-electron chi connectivity index (χ2n) is 11.1. The number of hydrogen-bond acceptors (Lipinski definition) is 1. The Morgan fingerprint density at radius 3 is 2.41 bits per heavy atom. The van der Waals surface area contributed by atoms with Crippen LogP contribution in [0.25, 0.3) is 32.8 Å². The van der Waals surface area contributed by atoms with E-state index in [1.165, 1.54) is 55.1 Å². The maximum absolute atomic E-state index is 6.81. The van der Waals surface area contributed by atoms with Gasteiger partial charge in [0.2, 0.25) is 5.75 Å². The molecule has 0 atom stereocenters. The fourth-order valence-corrected chi connectivity index (χ4v) is 5.20. The van der Waals surface area contributed by atoms with Gasteiger partial charge in [0.1, 0.15) is 12.8 Å². The highest BCUT2D eigenvalue weighted by atomic mass is 16.5. The molecule has 164 valence electrons. The quantitative estimate of drug-likeness (QED) is 0.262. The second kappa shape index (κ2) is 7.07. The zero-order chi connectivity index (χ0) is 22.9. The lowest BCUT2D eigenvalue weighted by atomic mass is 9.84. The van der Waals surface area contributed by atoms with E-state index < -0.39 is 0 Å². The molecule has 4 aromatic rings. The summed E-state index contributed by atoms with van der Waals surface area (Å²) in [6.45, 7) is 15.9. The van der Waals surface area contributed by atoms with Gasteiger partial charge < -0.3 is 4.74 Å². The number of fused-ring (bicyclic) bond motifs is 4. The van der Waals surface area contributed by atoms with E-state index in [4.69, 9.17) is 4.74 Å². The van der Waals surface area contributed by atoms with Crippen LogP contribution in [0.2, 0.25) is 0 Å². The average molecular weight is 425 g/mol. The molecule has 0 amide bonds. The molecular formula is C30H34NO+. The number of aryl methyl sites for hydroxylation is 2. The van der Waals surface area contributed by atoms with Gasteiger partial charge in [-0.25, -0.2) is 0 Å². The van der Waals surface area contributed by atoms with E-state index >= 15 is 0 Å². The maximum atomic E-state index is 6.81. The van der Waals surface area contributed by atoms with Gasteiger partial charge in [0.05, 0.1) is 5.56 Å². The molecule has 2 heterocycles. The van der Waals surface area contributed by atoms with Gasteiger partial charge in [-0.1, -0.05) is 52.8 Å². The van der Waals surface area contributed by atoms with E-state index in [-0.39, 0.29) is 5.41 Å². The van der Waals surface area contributed by atoms with Crippen molar-refractivity contribution < 1.29 is 9.30 Å². The second-order valence-corrected chi connectivity index (χ2v) is 11.1. The monoisotopic (exact) mass is 424 g/mol. The Kier molecular flexibility index (Phi) is 4.64. The SMILES string of the molecule is Cc1cc2cc(CC(C)(C)C)cc3c2c(c1C)-c1c(c2cc(C(C)C)ccc2c[n+]1C)O3. The molecule has 0 saturated carbocycles. The standard InChI is InChI=1S/C30H34NO/c1-17(2)21-9-10-22-16-31(8)28-26-19(4)18(3)11-23-12-20(15-30(5,6)7)13-25(27(23)26)32-29(28)24(22)14-21/h9-14,16-17H,15H2,1-8H3/q+1. The lowest BCUT2D eigenvalue weighted by Gasteiger charge is -2.25. The molecule has 3 aromatic carbocycles. The van der Waals surface area contributed by atoms with Gasteiger partial charge in [0.25, 0.3) is 5.69 Å². The number of pyridine rings is 1. The summed E-state index contributed by atoms with van der Waals surface area (Å²) in [5, 5.41) is 4.94. The fraction of sp³-hybridized carbons (Fsp3) is 0.367. The molecule has 0 bridgehead atoms. The van der Waals surface area contributed by atoms with Crippen molar-refractivity contribution in [2.45, 2.75) is 60.8 Å². The smallest absolute Gasteiger partial charge is 0.257 e. The first-order chi connectivity index (χ1) is 15.0. The van der Waals surface area contributed by atoms with Crippen LogP contribution in [-0.4, -0.2) is 0 Å². The lowest BCUT2D eigenvalue weighted by molar-refractivity contribution is -0.659. The first-order valence-electron chi connectivity index (χ1n) is 11.7. The van der Waals surface area contributed by atoms with E-state index in [9.17, 15) is 0 Å². The van der Waals surface area contributed by atoms with Crippen LogP contribution in [0.3, 0.4) is 0 Å². The van der Waals surface area contributed by atoms with E-state index in [1.807, 2.05) is 0 Å². The van der Waals surface area contributed by atoms with Crippen molar-refractivity contribution in [2.24, 2.45) is 12.5 Å². The predicted molar refractivity (Wildman–Crippen MR) is 135 cm³/mol. The maximum Gasteiger partial charge on any atom is 0.257 e. The summed E-state index contributed by atoms with van der Waals surface area (Å²) >= 11 is 0. The van der Waals surface area contributed by atoms with Crippen molar-refractivity contribution in [3.63, 3.8) is 0 Å². The number of aromatic nitrogens is 1. The zero-order valence-electron chi connectivity index (χ0n) is 20.7. The topological polar surface area (TPSA) is 13.1 Å². The number of hydrogen-bond donors (Lipinski definition) is 0. The van der Waals surface area contributed by atoms with Crippen LogP contribution < -0.4 is 9.30 Å². The van der Waals surface area contributed by atoms with Gasteiger partial charge in [-0.3, -0.25) is 0 Å². The summed E-state index contributed by atoms with van der Waals surface area (Å²) in [4.78, 5) is 0. The van der Waals surface area contributed by atoms with Crippen molar-refractivity contribution in [3.8, 4) is 22.8 Å². The van der Waals surface area contributed by atoms with Gasteiger partial charge in [-0.15, -0.1) is 0 Å². The van der Waals surface area contributed by atoms with Gasteiger partial charge in [0.15, 0.2) is 6.20 Å². The van der Waals surface area contributed by atoms with E-state index in [0.717, 1.165) is 17.9 Å². The normalized spacial score (nSPS) is 13.0. The Hall–Kier alpha value is -2.87. The number of benzene rings is 3. The number of rotatable bonds is 2. The van der Waals surface area contributed by atoms with E-state index in [0.29, 0.717) is 5.92 Å². The molecule has 0 radical (unpaired) electrons. The summed E-state index contributed by atoms with van der Waals surface area (Å²) < 4.78 is 9.06. The number of nitrogens with zero attached hydrogens (tertiary/aromatic N) is 1. The van der Waals surface area contributed by atoms with E-state index in [1.54, 1.807) is 0 Å². The molecule has 0 N–H and O–H groups in total. The molecule has 1 aromatic heterocycles. The van der Waals surface area contributed by atoms with Gasteiger partial charge in [-0.05, 0) is 77.4 Å². The predicted octanol–water partition coefficient (Wildman–Crippen LogP) is 7.92. The first-order valence-corrected chi connectivity index (χ1v) is 11.7. The summed E-state index contributed by atoms with van der Waals surface area (Å²) in [6, 6.07) is 13.8. The molecule has 0 aliphatic carbocycles. The molecule has 0 spiro atoms. The Bertz CT molecular complexity index is 1400. The Balaban J connectivity index is 1.88. The molecule has 1 aliphatic heterocycles. The molecule has 32 heavy (non-hydrogen) atoms. The van der Waals surface area contributed by atoms with Crippen LogP contribution in [0.1, 0.15) is 62.8 Å². The summed E-state index contributed by atoms with van der Waals surface area (Å²) in [5.41, 5.74) is 8.07.